The molecule has 4 nitrogen and oxygen atoms in total. The van der Waals surface area contributed by atoms with Crippen LogP contribution in [0.5, 0.6) is 0 Å². The molecule has 1 aromatic carbocycles. The molecule has 0 aliphatic heterocycles. The van der Waals surface area contributed by atoms with E-state index in [2.05, 4.69) is 9.71 Å². The molecule has 0 unspecified atom stereocenters. The first-order valence-electron chi connectivity index (χ1n) is 5.29. The van der Waals surface area contributed by atoms with Crippen LogP contribution in [-0.2, 0) is 10.0 Å². The Hall–Kier alpha value is -1.66. The molecule has 0 radical (unpaired) electrons. The van der Waals surface area contributed by atoms with E-state index in [-0.39, 0.29) is 15.7 Å². The van der Waals surface area contributed by atoms with Gasteiger partial charge in [-0.2, -0.15) is 0 Å². The Morgan fingerprint density at radius 1 is 1.26 bits per heavy atom. The van der Waals surface area contributed by atoms with Crippen molar-refractivity contribution >= 4 is 27.3 Å². The van der Waals surface area contributed by atoms with Gasteiger partial charge in [0, 0.05) is 6.20 Å². The van der Waals surface area contributed by atoms with Crippen LogP contribution < -0.4 is 4.72 Å². The Kier molecular flexibility index (Phi) is 3.73. The molecule has 0 saturated carbocycles. The van der Waals surface area contributed by atoms with E-state index in [4.69, 9.17) is 11.6 Å². The van der Waals surface area contributed by atoms with Crippen molar-refractivity contribution in [2.24, 2.45) is 0 Å². The second kappa shape index (κ2) is 5.14. The van der Waals surface area contributed by atoms with Gasteiger partial charge in [0.05, 0.1) is 10.6 Å². The van der Waals surface area contributed by atoms with Crippen LogP contribution in [-0.4, -0.2) is 13.4 Å². The predicted octanol–water partition coefficient (Wildman–Crippen LogP) is 2.98. The number of anilines is 1. The van der Waals surface area contributed by atoms with Crippen LogP contribution in [0.4, 0.5) is 10.1 Å². The summed E-state index contributed by atoms with van der Waals surface area (Å²) >= 11 is 5.63. The first-order chi connectivity index (χ1) is 8.88. The maximum atomic E-state index is 13.5. The van der Waals surface area contributed by atoms with Gasteiger partial charge in [-0.05, 0) is 36.8 Å². The summed E-state index contributed by atoms with van der Waals surface area (Å²) in [5.41, 5.74) is 0.639. The lowest BCUT2D eigenvalue weighted by atomic mass is 10.2. The number of benzene rings is 1. The zero-order valence-electron chi connectivity index (χ0n) is 9.89. The van der Waals surface area contributed by atoms with Crippen LogP contribution >= 0.6 is 11.6 Å². The summed E-state index contributed by atoms with van der Waals surface area (Å²) < 4.78 is 39.8. The van der Waals surface area contributed by atoms with Gasteiger partial charge in [0.15, 0.2) is 0 Å². The lowest BCUT2D eigenvalue weighted by Crippen LogP contribution is -2.14. The molecule has 1 N–H and O–H groups in total. The molecule has 19 heavy (non-hydrogen) atoms. The molecule has 2 aromatic rings. The molecule has 0 aliphatic carbocycles. The van der Waals surface area contributed by atoms with E-state index in [1.165, 1.54) is 30.5 Å². The molecule has 0 fully saturated rings. The van der Waals surface area contributed by atoms with Crippen LogP contribution in [0.25, 0.3) is 0 Å². The number of nitrogens with one attached hydrogen (secondary N) is 1. The second-order valence-corrected chi connectivity index (χ2v) is 5.97. The SMILES string of the molecule is Cc1ccc(F)c(NS(=O)(=O)c2ccnc(Cl)c2)c1. The number of aryl methyl sites for hydroxylation is 1. The van der Waals surface area contributed by atoms with Gasteiger partial charge in [0.1, 0.15) is 11.0 Å². The average Bonchev–Trinajstić information content (AvgIpc) is 2.33. The van der Waals surface area contributed by atoms with E-state index in [9.17, 15) is 12.8 Å². The van der Waals surface area contributed by atoms with Crippen molar-refractivity contribution in [3.8, 4) is 0 Å². The van der Waals surface area contributed by atoms with Crippen molar-refractivity contribution in [3.05, 3.63) is 53.1 Å². The highest BCUT2D eigenvalue weighted by molar-refractivity contribution is 7.92. The minimum absolute atomic E-state index is 0.0487. The molecule has 0 bridgehead atoms. The van der Waals surface area contributed by atoms with Gasteiger partial charge in [-0.15, -0.1) is 0 Å². The quantitative estimate of drug-likeness (QED) is 0.887. The fourth-order valence-electron chi connectivity index (χ4n) is 1.47. The summed E-state index contributed by atoms with van der Waals surface area (Å²) in [5.74, 6) is -0.644. The zero-order chi connectivity index (χ0) is 14.0. The van der Waals surface area contributed by atoms with E-state index < -0.39 is 15.8 Å². The summed E-state index contributed by atoms with van der Waals surface area (Å²) in [6.45, 7) is 1.74. The van der Waals surface area contributed by atoms with Crippen LogP contribution in [0.1, 0.15) is 5.56 Å². The fraction of sp³-hybridized carbons (Fsp3) is 0.0833. The van der Waals surface area contributed by atoms with Crippen molar-refractivity contribution < 1.29 is 12.8 Å². The van der Waals surface area contributed by atoms with Gasteiger partial charge in [0.2, 0.25) is 0 Å². The second-order valence-electron chi connectivity index (χ2n) is 3.90. The third-order valence-electron chi connectivity index (χ3n) is 2.37. The fourth-order valence-corrected chi connectivity index (χ4v) is 2.78. The van der Waals surface area contributed by atoms with Gasteiger partial charge in [-0.25, -0.2) is 17.8 Å². The number of hydrogen-bond acceptors (Lipinski definition) is 3. The number of aromatic nitrogens is 1. The zero-order valence-corrected chi connectivity index (χ0v) is 11.5. The van der Waals surface area contributed by atoms with Crippen molar-refractivity contribution in [1.29, 1.82) is 0 Å². The van der Waals surface area contributed by atoms with Gasteiger partial charge < -0.3 is 0 Å². The van der Waals surface area contributed by atoms with Crippen LogP contribution in [0.15, 0.2) is 41.4 Å². The number of sulfonamides is 1. The summed E-state index contributed by atoms with van der Waals surface area (Å²) in [7, 11) is -3.89. The highest BCUT2D eigenvalue weighted by atomic mass is 35.5. The third-order valence-corrected chi connectivity index (χ3v) is 3.94. The minimum atomic E-state index is -3.89. The third kappa shape index (κ3) is 3.21. The van der Waals surface area contributed by atoms with Gasteiger partial charge in [0.25, 0.3) is 10.0 Å². The van der Waals surface area contributed by atoms with Crippen LogP contribution in [0.2, 0.25) is 5.15 Å². The Bertz CT molecular complexity index is 719. The first kappa shape index (κ1) is 13.8. The maximum absolute atomic E-state index is 13.5. The Labute approximate surface area is 115 Å². The van der Waals surface area contributed by atoms with E-state index in [0.29, 0.717) is 0 Å². The van der Waals surface area contributed by atoms with Gasteiger partial charge >= 0.3 is 0 Å². The Balaban J connectivity index is 2.39. The topological polar surface area (TPSA) is 59.1 Å². The molecular formula is C12H10ClFN2O2S. The van der Waals surface area contributed by atoms with Gasteiger partial charge in [-0.1, -0.05) is 17.7 Å². The molecular weight excluding hydrogens is 291 g/mol. The summed E-state index contributed by atoms with van der Waals surface area (Å²) in [5, 5.41) is 0.0487. The lowest BCUT2D eigenvalue weighted by Gasteiger charge is -2.09. The standard InChI is InChI=1S/C12H10ClFN2O2S/c1-8-2-3-10(14)11(6-8)16-19(17,18)9-4-5-15-12(13)7-9/h2-7,16H,1H3. The number of nitrogens with zero attached hydrogens (tertiary/aromatic N) is 1. The number of halogens is 2. The summed E-state index contributed by atoms with van der Waals surface area (Å²) in [6.07, 6.45) is 1.27. The lowest BCUT2D eigenvalue weighted by molar-refractivity contribution is 0.598. The molecule has 0 saturated heterocycles. The van der Waals surface area contributed by atoms with Crippen LogP contribution in [0.3, 0.4) is 0 Å². The number of hydrogen-bond donors (Lipinski definition) is 1. The molecule has 7 heteroatoms. The molecule has 1 heterocycles. The predicted molar refractivity (Wildman–Crippen MR) is 71.2 cm³/mol. The number of rotatable bonds is 3. The van der Waals surface area contributed by atoms with Crippen molar-refractivity contribution in [2.45, 2.75) is 11.8 Å². The van der Waals surface area contributed by atoms with E-state index >= 15 is 0 Å². The summed E-state index contributed by atoms with van der Waals surface area (Å²) in [4.78, 5) is 3.62. The smallest absolute Gasteiger partial charge is 0.262 e. The minimum Gasteiger partial charge on any atom is -0.277 e. The number of pyridine rings is 1. The van der Waals surface area contributed by atoms with E-state index in [0.717, 1.165) is 5.56 Å². The molecule has 2 rings (SSSR count). The highest BCUT2D eigenvalue weighted by Crippen LogP contribution is 2.21. The van der Waals surface area contributed by atoms with E-state index in [1.807, 2.05) is 0 Å². The largest absolute Gasteiger partial charge is 0.277 e. The van der Waals surface area contributed by atoms with Crippen molar-refractivity contribution in [1.82, 2.24) is 4.98 Å². The molecule has 100 valence electrons. The molecule has 0 atom stereocenters. The Morgan fingerprint density at radius 3 is 2.68 bits per heavy atom. The molecule has 1 aromatic heterocycles. The summed E-state index contributed by atoms with van der Waals surface area (Å²) in [6, 6.07) is 6.64. The molecule has 0 aliphatic rings. The van der Waals surface area contributed by atoms with Crippen molar-refractivity contribution in [3.63, 3.8) is 0 Å². The average molecular weight is 301 g/mol. The first-order valence-corrected chi connectivity index (χ1v) is 7.15. The van der Waals surface area contributed by atoms with Gasteiger partial charge in [-0.3, -0.25) is 4.72 Å². The van der Waals surface area contributed by atoms with E-state index in [1.54, 1.807) is 13.0 Å². The highest BCUT2D eigenvalue weighted by Gasteiger charge is 2.16. The maximum Gasteiger partial charge on any atom is 0.262 e. The normalized spacial score (nSPS) is 11.3. The van der Waals surface area contributed by atoms with Crippen molar-refractivity contribution in [2.75, 3.05) is 4.72 Å². The monoisotopic (exact) mass is 300 g/mol. The molecule has 0 amide bonds. The van der Waals surface area contributed by atoms with Crippen LogP contribution in [0, 0.1) is 12.7 Å². The Morgan fingerprint density at radius 2 is 2.00 bits per heavy atom. The molecule has 0 spiro atoms.